The first-order valence-electron chi connectivity index (χ1n) is 8.27. The molecule has 0 aliphatic carbocycles. The predicted octanol–water partition coefficient (Wildman–Crippen LogP) is 5.08. The zero-order valence-corrected chi connectivity index (χ0v) is 16.4. The Morgan fingerprint density at radius 2 is 2.04 bits per heavy atom. The summed E-state index contributed by atoms with van der Waals surface area (Å²) < 4.78 is 5.23. The zero-order valence-electron chi connectivity index (χ0n) is 14.8. The fraction of sp³-hybridized carbons (Fsp3) is 0.200. The van der Waals surface area contributed by atoms with Gasteiger partial charge in [0.1, 0.15) is 10.6 Å². The molecule has 0 fully saturated rings. The number of anilines is 1. The van der Waals surface area contributed by atoms with Crippen molar-refractivity contribution in [2.24, 2.45) is 5.92 Å². The summed E-state index contributed by atoms with van der Waals surface area (Å²) in [6.07, 6.45) is 0.526. The maximum atomic E-state index is 12.5. The monoisotopic (exact) mass is 403 g/mol. The molecule has 5 nitrogen and oxygen atoms in total. The molecule has 1 heterocycles. The van der Waals surface area contributed by atoms with Gasteiger partial charge in [-0.2, -0.15) is 0 Å². The Bertz CT molecular complexity index is 1010. The summed E-state index contributed by atoms with van der Waals surface area (Å²) in [7, 11) is 1.57. The van der Waals surface area contributed by atoms with Crippen molar-refractivity contribution in [1.29, 1.82) is 0 Å². The van der Waals surface area contributed by atoms with Gasteiger partial charge in [-0.1, -0.05) is 42.8 Å². The number of carboxylic acid groups (broad SMARTS) is 1. The van der Waals surface area contributed by atoms with E-state index in [4.69, 9.17) is 21.4 Å². The van der Waals surface area contributed by atoms with E-state index in [-0.39, 0.29) is 16.7 Å². The minimum Gasteiger partial charge on any atom is -0.495 e. The minimum atomic E-state index is -1.05. The van der Waals surface area contributed by atoms with Crippen molar-refractivity contribution in [2.75, 3.05) is 12.4 Å². The average molecular weight is 404 g/mol. The summed E-state index contributed by atoms with van der Waals surface area (Å²) in [4.78, 5) is 23.7. The van der Waals surface area contributed by atoms with Crippen LogP contribution in [0.1, 0.15) is 22.2 Å². The van der Waals surface area contributed by atoms with Crippen LogP contribution in [0.25, 0.3) is 10.8 Å². The highest BCUT2D eigenvalue weighted by molar-refractivity contribution is 7.12. The molecule has 2 aromatic carbocycles. The van der Waals surface area contributed by atoms with Crippen molar-refractivity contribution in [2.45, 2.75) is 13.3 Å². The second-order valence-corrected chi connectivity index (χ2v) is 7.49. The molecule has 0 saturated heterocycles. The molecule has 2 N–H and O–H groups in total. The molecule has 3 rings (SSSR count). The predicted molar refractivity (Wildman–Crippen MR) is 108 cm³/mol. The average Bonchev–Trinajstić information content (AvgIpc) is 3.10. The van der Waals surface area contributed by atoms with Gasteiger partial charge in [-0.05, 0) is 34.9 Å². The van der Waals surface area contributed by atoms with E-state index in [0.29, 0.717) is 22.9 Å². The van der Waals surface area contributed by atoms with Gasteiger partial charge in [-0.25, -0.2) is 4.79 Å². The van der Waals surface area contributed by atoms with Gasteiger partial charge in [0.15, 0.2) is 0 Å². The molecule has 1 atom stereocenters. The van der Waals surface area contributed by atoms with Gasteiger partial charge in [0.25, 0.3) is 0 Å². The molecule has 0 saturated carbocycles. The number of fused-ring (bicyclic) bond motifs is 1. The highest BCUT2D eigenvalue weighted by atomic mass is 35.5. The molecule has 7 heteroatoms. The molecule has 1 amide bonds. The number of halogens is 1. The van der Waals surface area contributed by atoms with Crippen molar-refractivity contribution >= 4 is 51.3 Å². The van der Waals surface area contributed by atoms with Crippen LogP contribution in [0.3, 0.4) is 0 Å². The maximum Gasteiger partial charge on any atom is 0.348 e. The Labute approximate surface area is 165 Å². The van der Waals surface area contributed by atoms with Crippen LogP contribution in [-0.4, -0.2) is 24.1 Å². The Balaban J connectivity index is 1.75. The normalized spacial score (nSPS) is 12.0. The third-order valence-electron chi connectivity index (χ3n) is 4.31. The van der Waals surface area contributed by atoms with Crippen molar-refractivity contribution in [3.8, 4) is 5.75 Å². The van der Waals surface area contributed by atoms with Crippen LogP contribution in [0.4, 0.5) is 5.69 Å². The SMILES string of the molecule is COc1ccc2cc(CC(C)C(=O)Nc3ccsc3C(=O)O)ccc2c1Cl. The van der Waals surface area contributed by atoms with Crippen molar-refractivity contribution in [3.63, 3.8) is 0 Å². The Kier molecular flexibility index (Phi) is 5.68. The number of carbonyl (C=O) groups is 2. The van der Waals surface area contributed by atoms with E-state index in [0.717, 1.165) is 27.7 Å². The van der Waals surface area contributed by atoms with Crippen LogP contribution in [0.2, 0.25) is 5.02 Å². The van der Waals surface area contributed by atoms with Crippen molar-refractivity contribution in [3.05, 3.63) is 57.2 Å². The smallest absolute Gasteiger partial charge is 0.348 e. The van der Waals surface area contributed by atoms with Crippen molar-refractivity contribution < 1.29 is 19.4 Å². The van der Waals surface area contributed by atoms with Gasteiger partial charge in [0.2, 0.25) is 5.91 Å². The summed E-state index contributed by atoms with van der Waals surface area (Å²) in [5.74, 6) is -0.967. The lowest BCUT2D eigenvalue weighted by Crippen LogP contribution is -2.22. The number of carboxylic acids is 1. The van der Waals surface area contributed by atoms with Crippen LogP contribution in [0.5, 0.6) is 5.75 Å². The van der Waals surface area contributed by atoms with E-state index in [1.54, 1.807) is 18.6 Å². The minimum absolute atomic E-state index is 0.129. The van der Waals surface area contributed by atoms with Gasteiger partial charge in [0.05, 0.1) is 17.8 Å². The largest absolute Gasteiger partial charge is 0.495 e. The van der Waals surface area contributed by atoms with E-state index in [1.165, 1.54) is 0 Å². The standard InChI is InChI=1S/C20H18ClNO4S/c1-11(19(23)22-15-7-8-27-18(15)20(24)25)9-12-3-5-14-13(10-12)4-6-16(26-2)17(14)21/h3-8,10-11H,9H2,1-2H3,(H,22,23)(H,24,25). The topological polar surface area (TPSA) is 75.6 Å². The lowest BCUT2D eigenvalue weighted by molar-refractivity contribution is -0.119. The lowest BCUT2D eigenvalue weighted by Gasteiger charge is -2.13. The fourth-order valence-electron chi connectivity index (χ4n) is 2.88. The second kappa shape index (κ2) is 7.98. The summed E-state index contributed by atoms with van der Waals surface area (Å²) >= 11 is 7.42. The molecular weight excluding hydrogens is 386 g/mol. The van der Waals surface area contributed by atoms with E-state index in [1.807, 2.05) is 37.3 Å². The molecule has 0 aliphatic heterocycles. The van der Waals surface area contributed by atoms with Gasteiger partial charge in [0, 0.05) is 11.3 Å². The van der Waals surface area contributed by atoms with Crippen molar-refractivity contribution in [1.82, 2.24) is 0 Å². The fourth-order valence-corrected chi connectivity index (χ4v) is 3.88. The van der Waals surface area contributed by atoms with E-state index >= 15 is 0 Å². The van der Waals surface area contributed by atoms with Gasteiger partial charge < -0.3 is 15.2 Å². The van der Waals surface area contributed by atoms with Crippen LogP contribution in [0, 0.1) is 5.92 Å². The molecule has 0 spiro atoms. The molecule has 3 aromatic rings. The maximum absolute atomic E-state index is 12.5. The van der Waals surface area contributed by atoms with Gasteiger partial charge >= 0.3 is 5.97 Å². The molecule has 0 bridgehead atoms. The van der Waals surface area contributed by atoms with E-state index in [9.17, 15) is 9.59 Å². The number of methoxy groups -OCH3 is 1. The first-order valence-corrected chi connectivity index (χ1v) is 9.53. The van der Waals surface area contributed by atoms with Crippen LogP contribution in [0.15, 0.2) is 41.8 Å². The molecular formula is C20H18ClNO4S. The van der Waals surface area contributed by atoms with E-state index in [2.05, 4.69) is 5.32 Å². The third kappa shape index (κ3) is 4.07. The summed E-state index contributed by atoms with van der Waals surface area (Å²) in [6.45, 7) is 1.81. The highest BCUT2D eigenvalue weighted by Crippen LogP contribution is 2.33. The summed E-state index contributed by atoms with van der Waals surface area (Å²) in [6, 6.07) is 11.2. The van der Waals surface area contributed by atoms with Gasteiger partial charge in [-0.3, -0.25) is 4.79 Å². The quantitative estimate of drug-likeness (QED) is 0.601. The molecule has 140 valence electrons. The Morgan fingerprint density at radius 1 is 1.26 bits per heavy atom. The molecule has 27 heavy (non-hydrogen) atoms. The van der Waals surface area contributed by atoms with Gasteiger partial charge in [-0.15, -0.1) is 11.3 Å². The lowest BCUT2D eigenvalue weighted by atomic mass is 9.97. The summed E-state index contributed by atoms with van der Waals surface area (Å²) in [5, 5.41) is 15.9. The number of hydrogen-bond donors (Lipinski definition) is 2. The highest BCUT2D eigenvalue weighted by Gasteiger charge is 2.18. The molecule has 1 aromatic heterocycles. The Morgan fingerprint density at radius 3 is 2.74 bits per heavy atom. The van der Waals surface area contributed by atoms with Crippen LogP contribution >= 0.6 is 22.9 Å². The molecule has 1 unspecified atom stereocenters. The molecule has 0 radical (unpaired) electrons. The zero-order chi connectivity index (χ0) is 19.6. The Hall–Kier alpha value is -2.57. The first kappa shape index (κ1) is 19.2. The first-order chi connectivity index (χ1) is 12.9. The van der Waals surface area contributed by atoms with Crippen LogP contribution in [-0.2, 0) is 11.2 Å². The number of ether oxygens (including phenoxy) is 1. The third-order valence-corrected chi connectivity index (χ3v) is 5.60. The summed E-state index contributed by atoms with van der Waals surface area (Å²) in [5.41, 5.74) is 1.33. The number of amides is 1. The number of thiophene rings is 1. The number of nitrogens with one attached hydrogen (secondary N) is 1. The van der Waals surface area contributed by atoms with E-state index < -0.39 is 5.97 Å². The number of carbonyl (C=O) groups excluding carboxylic acids is 1. The molecule has 0 aliphatic rings. The number of rotatable bonds is 6. The number of hydrogen-bond acceptors (Lipinski definition) is 4. The number of aromatic carboxylic acids is 1. The second-order valence-electron chi connectivity index (χ2n) is 6.20. The number of benzene rings is 2. The van der Waals surface area contributed by atoms with Crippen LogP contribution < -0.4 is 10.1 Å².